The van der Waals surface area contributed by atoms with Gasteiger partial charge in [0.05, 0.1) is 5.69 Å². The summed E-state index contributed by atoms with van der Waals surface area (Å²) in [7, 11) is 0. The van der Waals surface area contributed by atoms with E-state index in [1.807, 2.05) is 43.1 Å². The van der Waals surface area contributed by atoms with Crippen LogP contribution in [-0.2, 0) is 0 Å². The molecule has 5 heteroatoms. The number of anilines is 1. The maximum atomic E-state index is 5.24. The van der Waals surface area contributed by atoms with Crippen LogP contribution in [0.1, 0.15) is 13.8 Å². The molecular weight excluding hydrogens is 274 g/mol. The fraction of sp³-hybridized carbons (Fsp3) is 0.300. The average molecular weight is 286 g/mol. The Morgan fingerprint density at radius 1 is 1.27 bits per heavy atom. The van der Waals surface area contributed by atoms with Crippen LogP contribution in [0.5, 0.6) is 0 Å². The van der Waals surface area contributed by atoms with Crippen LogP contribution in [0.4, 0.5) is 5.69 Å². The first-order valence-electron chi connectivity index (χ1n) is 4.64. The zero-order valence-electron chi connectivity index (χ0n) is 8.54. The van der Waals surface area contributed by atoms with Gasteiger partial charge in [-0.3, -0.25) is 5.01 Å². The quantitative estimate of drug-likeness (QED) is 0.775. The first kappa shape index (κ1) is 10.9. The number of halogens is 1. The van der Waals surface area contributed by atoms with Crippen LogP contribution >= 0.6 is 28.1 Å². The smallest absolute Gasteiger partial charge is 0.189 e. The van der Waals surface area contributed by atoms with Crippen molar-refractivity contribution >= 4 is 38.9 Å². The van der Waals surface area contributed by atoms with E-state index in [9.17, 15) is 0 Å². The van der Waals surface area contributed by atoms with E-state index in [1.165, 1.54) is 0 Å². The van der Waals surface area contributed by atoms with E-state index in [2.05, 4.69) is 26.7 Å². The van der Waals surface area contributed by atoms with E-state index in [1.54, 1.807) is 0 Å². The van der Waals surface area contributed by atoms with E-state index in [0.29, 0.717) is 5.11 Å². The molecule has 1 aromatic rings. The molecule has 80 valence electrons. The zero-order chi connectivity index (χ0) is 11.1. The van der Waals surface area contributed by atoms with E-state index in [-0.39, 0.29) is 5.66 Å². The highest BCUT2D eigenvalue weighted by Gasteiger charge is 2.31. The molecule has 0 aliphatic carbocycles. The average Bonchev–Trinajstić information content (AvgIpc) is 2.41. The Balaban J connectivity index is 2.25. The van der Waals surface area contributed by atoms with Crippen molar-refractivity contribution in [3.8, 4) is 0 Å². The highest BCUT2D eigenvalue weighted by molar-refractivity contribution is 9.10. The first-order valence-corrected chi connectivity index (χ1v) is 5.84. The lowest BCUT2D eigenvalue weighted by atomic mass is 10.3. The summed E-state index contributed by atoms with van der Waals surface area (Å²) < 4.78 is 1.06. The summed E-state index contributed by atoms with van der Waals surface area (Å²) in [6.45, 7) is 4.08. The Morgan fingerprint density at radius 2 is 1.87 bits per heavy atom. The van der Waals surface area contributed by atoms with Crippen molar-refractivity contribution in [2.24, 2.45) is 0 Å². The minimum absolute atomic E-state index is 0.190. The normalized spacial score (nSPS) is 19.1. The summed E-state index contributed by atoms with van der Waals surface area (Å²) in [5.41, 5.74) is 4.12. The van der Waals surface area contributed by atoms with Crippen molar-refractivity contribution < 1.29 is 0 Å². The van der Waals surface area contributed by atoms with Crippen LogP contribution in [0.3, 0.4) is 0 Å². The van der Waals surface area contributed by atoms with Crippen LogP contribution in [0.25, 0.3) is 0 Å². The molecule has 0 bridgehead atoms. The number of hydrogen-bond donors (Lipinski definition) is 2. The van der Waals surface area contributed by atoms with E-state index < -0.39 is 0 Å². The monoisotopic (exact) mass is 285 g/mol. The number of hydrogen-bond acceptors (Lipinski definition) is 2. The van der Waals surface area contributed by atoms with Gasteiger partial charge in [-0.05, 0) is 50.3 Å². The molecule has 3 nitrogen and oxygen atoms in total. The molecule has 0 amide bonds. The SMILES string of the molecule is CC1(C)NC(=S)N(c2ccc(Br)cc2)N1. The molecule has 0 radical (unpaired) electrons. The van der Waals surface area contributed by atoms with Gasteiger partial charge in [0.25, 0.3) is 0 Å². The molecule has 0 saturated carbocycles. The summed E-state index contributed by atoms with van der Waals surface area (Å²) in [6.07, 6.45) is 0. The second kappa shape index (κ2) is 3.73. The van der Waals surface area contributed by atoms with Crippen molar-refractivity contribution in [3.63, 3.8) is 0 Å². The van der Waals surface area contributed by atoms with Crippen LogP contribution in [0.2, 0.25) is 0 Å². The van der Waals surface area contributed by atoms with Gasteiger partial charge in [0.15, 0.2) is 5.11 Å². The van der Waals surface area contributed by atoms with Crippen LogP contribution in [0, 0.1) is 0 Å². The Bertz CT molecular complexity index is 388. The molecule has 1 heterocycles. The standard InChI is InChI=1S/C10H12BrN3S/c1-10(2)12-9(15)14(13-10)8-5-3-7(11)4-6-8/h3-6,13H,1-2H3,(H,12,15). The molecule has 0 spiro atoms. The fourth-order valence-corrected chi connectivity index (χ4v) is 2.12. The molecule has 1 aliphatic heterocycles. The molecule has 15 heavy (non-hydrogen) atoms. The van der Waals surface area contributed by atoms with Crippen molar-refractivity contribution in [1.29, 1.82) is 0 Å². The predicted octanol–water partition coefficient (Wildman–Crippen LogP) is 2.38. The number of nitrogens with zero attached hydrogens (tertiary/aromatic N) is 1. The second-order valence-electron chi connectivity index (χ2n) is 3.98. The molecule has 1 aromatic carbocycles. The Labute approximate surface area is 103 Å². The maximum absolute atomic E-state index is 5.24. The summed E-state index contributed by atoms with van der Waals surface area (Å²) in [5, 5.41) is 5.76. The highest BCUT2D eigenvalue weighted by Crippen LogP contribution is 2.21. The molecule has 2 rings (SSSR count). The third kappa shape index (κ3) is 2.30. The third-order valence-electron chi connectivity index (χ3n) is 2.10. The minimum atomic E-state index is -0.190. The molecule has 1 aliphatic rings. The van der Waals surface area contributed by atoms with Gasteiger partial charge in [-0.15, -0.1) is 0 Å². The third-order valence-corrected chi connectivity index (χ3v) is 2.91. The van der Waals surface area contributed by atoms with Gasteiger partial charge in [-0.1, -0.05) is 15.9 Å². The summed E-state index contributed by atoms with van der Waals surface area (Å²) in [6, 6.07) is 7.99. The number of thiocarbonyl (C=S) groups is 1. The first-order chi connectivity index (χ1) is 6.98. The molecular formula is C10H12BrN3S. The van der Waals surface area contributed by atoms with Gasteiger partial charge in [-0.25, -0.2) is 5.43 Å². The van der Waals surface area contributed by atoms with Gasteiger partial charge in [0, 0.05) is 4.47 Å². The lowest BCUT2D eigenvalue weighted by Crippen LogP contribution is -2.45. The molecule has 2 N–H and O–H groups in total. The van der Waals surface area contributed by atoms with Gasteiger partial charge >= 0.3 is 0 Å². The number of hydrazine groups is 1. The predicted molar refractivity (Wildman–Crippen MR) is 69.6 cm³/mol. The Morgan fingerprint density at radius 3 is 2.33 bits per heavy atom. The summed E-state index contributed by atoms with van der Waals surface area (Å²) in [4.78, 5) is 0. The van der Waals surface area contributed by atoms with Gasteiger partial charge in [-0.2, -0.15) is 0 Å². The fourth-order valence-electron chi connectivity index (χ4n) is 1.45. The molecule has 0 aromatic heterocycles. The van der Waals surface area contributed by atoms with Gasteiger partial charge in [0.1, 0.15) is 5.66 Å². The highest BCUT2D eigenvalue weighted by atomic mass is 79.9. The van der Waals surface area contributed by atoms with Crippen molar-refractivity contribution in [3.05, 3.63) is 28.7 Å². The van der Waals surface area contributed by atoms with Crippen molar-refractivity contribution in [2.45, 2.75) is 19.5 Å². The van der Waals surface area contributed by atoms with Crippen molar-refractivity contribution in [2.75, 3.05) is 5.01 Å². The van der Waals surface area contributed by atoms with Crippen LogP contribution in [0.15, 0.2) is 28.7 Å². The van der Waals surface area contributed by atoms with Crippen LogP contribution in [-0.4, -0.2) is 10.8 Å². The van der Waals surface area contributed by atoms with Gasteiger partial charge in [0.2, 0.25) is 0 Å². The number of benzene rings is 1. The summed E-state index contributed by atoms with van der Waals surface area (Å²) >= 11 is 8.65. The van der Waals surface area contributed by atoms with Crippen molar-refractivity contribution in [1.82, 2.24) is 10.7 Å². The van der Waals surface area contributed by atoms with E-state index in [4.69, 9.17) is 12.2 Å². The minimum Gasteiger partial charge on any atom is -0.342 e. The Hall–Kier alpha value is -0.650. The number of rotatable bonds is 1. The van der Waals surface area contributed by atoms with Gasteiger partial charge < -0.3 is 5.32 Å². The molecule has 1 fully saturated rings. The summed E-state index contributed by atoms with van der Waals surface area (Å²) in [5.74, 6) is 0. The second-order valence-corrected chi connectivity index (χ2v) is 5.28. The maximum Gasteiger partial charge on any atom is 0.189 e. The van der Waals surface area contributed by atoms with Crippen LogP contribution < -0.4 is 15.8 Å². The number of nitrogens with one attached hydrogen (secondary N) is 2. The lowest BCUT2D eigenvalue weighted by molar-refractivity contribution is 0.415. The van der Waals surface area contributed by atoms with E-state index in [0.717, 1.165) is 10.2 Å². The lowest BCUT2D eigenvalue weighted by Gasteiger charge is -2.20. The largest absolute Gasteiger partial charge is 0.342 e. The zero-order valence-corrected chi connectivity index (χ0v) is 10.9. The topological polar surface area (TPSA) is 27.3 Å². The Kier molecular flexibility index (Phi) is 2.70. The molecule has 0 unspecified atom stereocenters. The molecule has 1 saturated heterocycles. The molecule has 0 atom stereocenters. The van der Waals surface area contributed by atoms with E-state index >= 15 is 0 Å².